The fourth-order valence-corrected chi connectivity index (χ4v) is 4.10. The molecule has 1 aromatic rings. The molecule has 0 spiro atoms. The maximum absolute atomic E-state index is 12.1. The monoisotopic (exact) mass is 261 g/mol. The Labute approximate surface area is 114 Å². The largest absolute Gasteiger partial charge is 0.310 e. The predicted octanol–water partition coefficient (Wildman–Crippen LogP) is 2.23. The summed E-state index contributed by atoms with van der Waals surface area (Å²) in [6, 6.07) is 0.676. The number of fused-ring (bicyclic) bond motifs is 2. The Morgan fingerprint density at radius 2 is 2.11 bits per heavy atom. The highest BCUT2D eigenvalue weighted by Gasteiger charge is 2.40. The molecular formula is C15H23N3O. The van der Waals surface area contributed by atoms with Gasteiger partial charge >= 0.3 is 0 Å². The van der Waals surface area contributed by atoms with Crippen LogP contribution in [-0.2, 0) is 0 Å². The second kappa shape index (κ2) is 4.75. The van der Waals surface area contributed by atoms with E-state index in [4.69, 9.17) is 0 Å². The van der Waals surface area contributed by atoms with Crippen molar-refractivity contribution in [2.24, 2.45) is 11.8 Å². The van der Waals surface area contributed by atoms with Crippen LogP contribution in [0.25, 0.3) is 0 Å². The first-order valence-electron chi connectivity index (χ1n) is 7.38. The minimum Gasteiger partial charge on any atom is -0.310 e. The summed E-state index contributed by atoms with van der Waals surface area (Å²) in [6.07, 6.45) is 5.43. The van der Waals surface area contributed by atoms with E-state index >= 15 is 0 Å². The van der Waals surface area contributed by atoms with Gasteiger partial charge in [-0.15, -0.1) is 0 Å². The van der Waals surface area contributed by atoms with E-state index in [2.05, 4.69) is 22.2 Å². The molecule has 2 fully saturated rings. The van der Waals surface area contributed by atoms with Crippen molar-refractivity contribution in [2.45, 2.75) is 58.5 Å². The van der Waals surface area contributed by atoms with Crippen LogP contribution in [0.4, 0.5) is 0 Å². The number of aromatic amines is 1. The lowest BCUT2D eigenvalue weighted by Crippen LogP contribution is -2.38. The van der Waals surface area contributed by atoms with Gasteiger partial charge in [0, 0.05) is 17.8 Å². The molecule has 3 rings (SSSR count). The molecule has 0 saturated heterocycles. The van der Waals surface area contributed by atoms with E-state index in [-0.39, 0.29) is 11.6 Å². The molecule has 104 valence electrons. The third-order valence-corrected chi connectivity index (χ3v) is 4.90. The zero-order valence-electron chi connectivity index (χ0n) is 12.0. The molecule has 0 amide bonds. The number of hydrogen-bond donors (Lipinski definition) is 2. The first kappa shape index (κ1) is 12.9. The molecule has 1 aromatic heterocycles. The molecule has 2 saturated carbocycles. The van der Waals surface area contributed by atoms with E-state index < -0.39 is 0 Å². The Bertz CT molecular complexity index is 537. The average molecular weight is 261 g/mol. The lowest BCUT2D eigenvalue weighted by Gasteiger charge is -2.27. The van der Waals surface area contributed by atoms with Crippen LogP contribution >= 0.6 is 0 Å². The van der Waals surface area contributed by atoms with E-state index in [0.29, 0.717) is 11.9 Å². The maximum atomic E-state index is 12.1. The predicted molar refractivity (Wildman–Crippen MR) is 75.1 cm³/mol. The molecule has 0 radical (unpaired) electrons. The van der Waals surface area contributed by atoms with Crippen LogP contribution in [0, 0.1) is 25.7 Å². The molecule has 0 aromatic carbocycles. The average Bonchev–Trinajstić information content (AvgIpc) is 2.89. The van der Waals surface area contributed by atoms with Gasteiger partial charge in [0.1, 0.15) is 5.82 Å². The molecule has 4 nitrogen and oxygen atoms in total. The number of rotatable bonds is 3. The first-order valence-corrected chi connectivity index (χ1v) is 7.38. The van der Waals surface area contributed by atoms with E-state index in [9.17, 15) is 4.79 Å². The number of nitrogens with zero attached hydrogens (tertiary/aromatic N) is 1. The second-order valence-corrected chi connectivity index (χ2v) is 6.32. The van der Waals surface area contributed by atoms with E-state index in [1.807, 2.05) is 13.8 Å². The first-order chi connectivity index (χ1) is 9.04. The lowest BCUT2D eigenvalue weighted by molar-refractivity contribution is 0.325. The Hall–Kier alpha value is -1.16. The van der Waals surface area contributed by atoms with Crippen molar-refractivity contribution in [2.75, 3.05) is 0 Å². The minimum absolute atomic E-state index is 0.00755. The number of aromatic nitrogens is 2. The fraction of sp³-hybridized carbons (Fsp3) is 0.733. The van der Waals surface area contributed by atoms with Crippen molar-refractivity contribution < 1.29 is 0 Å². The Kier molecular flexibility index (Phi) is 3.21. The molecule has 2 aliphatic rings. The number of H-pyrrole nitrogens is 1. The highest BCUT2D eigenvalue weighted by Crippen LogP contribution is 2.45. The van der Waals surface area contributed by atoms with Crippen molar-refractivity contribution >= 4 is 0 Å². The van der Waals surface area contributed by atoms with Gasteiger partial charge in [0.25, 0.3) is 5.56 Å². The fourth-order valence-electron chi connectivity index (χ4n) is 4.10. The van der Waals surface area contributed by atoms with E-state index in [1.165, 1.54) is 25.7 Å². The van der Waals surface area contributed by atoms with Gasteiger partial charge in [0.05, 0.1) is 5.56 Å². The Morgan fingerprint density at radius 1 is 1.32 bits per heavy atom. The van der Waals surface area contributed by atoms with Crippen LogP contribution < -0.4 is 10.9 Å². The number of aryl methyl sites for hydroxylation is 2. The van der Waals surface area contributed by atoms with Gasteiger partial charge in [-0.25, -0.2) is 4.98 Å². The number of nitrogens with one attached hydrogen (secondary N) is 2. The maximum Gasteiger partial charge on any atom is 0.255 e. The minimum atomic E-state index is 0.00755. The Balaban J connectivity index is 1.77. The van der Waals surface area contributed by atoms with Gasteiger partial charge in [-0.3, -0.25) is 4.79 Å². The summed E-state index contributed by atoms with van der Waals surface area (Å²) in [4.78, 5) is 19.3. The van der Waals surface area contributed by atoms with Gasteiger partial charge in [-0.05, 0) is 51.9 Å². The van der Waals surface area contributed by atoms with E-state index in [0.717, 1.165) is 23.1 Å². The van der Waals surface area contributed by atoms with Gasteiger partial charge in [0.2, 0.25) is 0 Å². The third kappa shape index (κ3) is 2.34. The molecule has 4 unspecified atom stereocenters. The van der Waals surface area contributed by atoms with Crippen molar-refractivity contribution in [3.05, 3.63) is 27.4 Å². The molecule has 1 heterocycles. The molecule has 4 heteroatoms. The molecule has 19 heavy (non-hydrogen) atoms. The van der Waals surface area contributed by atoms with Gasteiger partial charge < -0.3 is 10.3 Å². The lowest BCUT2D eigenvalue weighted by atomic mass is 9.94. The molecule has 4 atom stereocenters. The summed E-state index contributed by atoms with van der Waals surface area (Å²) < 4.78 is 0. The third-order valence-electron chi connectivity index (χ3n) is 4.90. The van der Waals surface area contributed by atoms with Gasteiger partial charge in [0.15, 0.2) is 0 Å². The van der Waals surface area contributed by atoms with Crippen molar-refractivity contribution in [1.82, 2.24) is 15.3 Å². The molecule has 2 N–H and O–H groups in total. The molecule has 0 aliphatic heterocycles. The van der Waals surface area contributed by atoms with Gasteiger partial charge in [-0.2, -0.15) is 0 Å². The zero-order valence-corrected chi connectivity index (χ0v) is 12.0. The van der Waals surface area contributed by atoms with Crippen LogP contribution in [0.2, 0.25) is 0 Å². The van der Waals surface area contributed by atoms with Gasteiger partial charge in [-0.1, -0.05) is 6.42 Å². The van der Waals surface area contributed by atoms with Crippen LogP contribution in [0.5, 0.6) is 0 Å². The van der Waals surface area contributed by atoms with E-state index in [1.54, 1.807) is 0 Å². The van der Waals surface area contributed by atoms with Crippen LogP contribution in [0.3, 0.4) is 0 Å². The smallest absolute Gasteiger partial charge is 0.255 e. The summed E-state index contributed by atoms with van der Waals surface area (Å²) in [5.41, 5.74) is 1.66. The topological polar surface area (TPSA) is 57.8 Å². The SMILES string of the molecule is Cc1nc(C)c(C(C)NC2CC3CCC2C3)c(=O)[nH]1. The summed E-state index contributed by atoms with van der Waals surface area (Å²) in [5, 5.41) is 3.67. The summed E-state index contributed by atoms with van der Waals surface area (Å²) in [7, 11) is 0. The Morgan fingerprint density at radius 3 is 2.68 bits per heavy atom. The number of hydrogen-bond acceptors (Lipinski definition) is 3. The van der Waals surface area contributed by atoms with Crippen molar-refractivity contribution in [3.63, 3.8) is 0 Å². The second-order valence-electron chi connectivity index (χ2n) is 6.32. The standard InChI is InChI=1S/C15H23N3O/c1-8-14(15(19)18-10(3)16-8)9(2)17-13-7-11-4-5-12(13)6-11/h9,11-13,17H,4-7H2,1-3H3,(H,16,18,19). The van der Waals surface area contributed by atoms with Crippen LogP contribution in [0.15, 0.2) is 4.79 Å². The zero-order chi connectivity index (χ0) is 13.6. The summed E-state index contributed by atoms with van der Waals surface area (Å²) in [6.45, 7) is 5.84. The van der Waals surface area contributed by atoms with Crippen LogP contribution in [0.1, 0.15) is 55.7 Å². The van der Waals surface area contributed by atoms with Crippen LogP contribution in [-0.4, -0.2) is 16.0 Å². The highest BCUT2D eigenvalue weighted by molar-refractivity contribution is 5.20. The highest BCUT2D eigenvalue weighted by atomic mass is 16.1. The normalized spacial score (nSPS) is 30.8. The molecular weight excluding hydrogens is 238 g/mol. The summed E-state index contributed by atoms with van der Waals surface area (Å²) >= 11 is 0. The van der Waals surface area contributed by atoms with Crippen molar-refractivity contribution in [3.8, 4) is 0 Å². The summed E-state index contributed by atoms with van der Waals surface area (Å²) in [5.74, 6) is 2.44. The quantitative estimate of drug-likeness (QED) is 0.877. The van der Waals surface area contributed by atoms with Crippen molar-refractivity contribution in [1.29, 1.82) is 0 Å². The molecule has 2 bridgehead atoms. The molecule has 2 aliphatic carbocycles.